The molecule has 0 saturated carbocycles. The van der Waals surface area contributed by atoms with Gasteiger partial charge in [-0.1, -0.05) is 25.1 Å². The molecule has 1 aromatic heterocycles. The second kappa shape index (κ2) is 9.67. The number of thiazole rings is 1. The molecule has 0 spiro atoms. The Morgan fingerprint density at radius 2 is 2.00 bits per heavy atom. The number of sulfonamides is 1. The highest BCUT2D eigenvalue weighted by molar-refractivity contribution is 7.89. The van der Waals surface area contributed by atoms with Gasteiger partial charge in [0.05, 0.1) is 23.3 Å². The first kappa shape index (κ1) is 23.1. The monoisotopic (exact) mass is 462 g/mol. The standard InChI is InChI=1S/C22H23FN2O4S2/c1-4-15-8-9-18(13-19(15)22(26)29-3)31(27,28)24-11-10-20-14(2)30-21(25-20)16-6-5-7-17(23)12-16/h5-9,12-13,24H,4,10-11H2,1-3H3. The van der Waals surface area contributed by atoms with Crippen molar-refractivity contribution < 1.29 is 22.3 Å². The molecule has 1 N–H and O–H groups in total. The first-order valence-electron chi connectivity index (χ1n) is 9.68. The molecule has 0 aliphatic heterocycles. The number of ether oxygens (including phenoxy) is 1. The summed E-state index contributed by atoms with van der Waals surface area (Å²) < 4.78 is 46.2. The minimum absolute atomic E-state index is 0.000509. The molecule has 0 bridgehead atoms. The summed E-state index contributed by atoms with van der Waals surface area (Å²) in [5, 5.41) is 0.688. The number of aryl methyl sites for hydroxylation is 2. The maximum absolute atomic E-state index is 13.5. The number of methoxy groups -OCH3 is 1. The van der Waals surface area contributed by atoms with Gasteiger partial charge in [-0.3, -0.25) is 0 Å². The number of halogens is 1. The van der Waals surface area contributed by atoms with Crippen molar-refractivity contribution in [2.45, 2.75) is 31.6 Å². The number of carbonyl (C=O) groups is 1. The van der Waals surface area contributed by atoms with E-state index < -0.39 is 16.0 Å². The van der Waals surface area contributed by atoms with Gasteiger partial charge in [0.2, 0.25) is 10.0 Å². The van der Waals surface area contributed by atoms with E-state index in [1.807, 2.05) is 13.8 Å². The number of benzene rings is 2. The zero-order valence-electron chi connectivity index (χ0n) is 17.4. The number of nitrogens with zero attached hydrogens (tertiary/aromatic N) is 1. The molecule has 31 heavy (non-hydrogen) atoms. The summed E-state index contributed by atoms with van der Waals surface area (Å²) >= 11 is 1.44. The smallest absolute Gasteiger partial charge is 0.338 e. The maximum Gasteiger partial charge on any atom is 0.338 e. The van der Waals surface area contributed by atoms with Gasteiger partial charge in [-0.15, -0.1) is 11.3 Å². The summed E-state index contributed by atoms with van der Waals surface area (Å²) in [5.41, 5.74) is 2.39. The average molecular weight is 463 g/mol. The van der Waals surface area contributed by atoms with E-state index in [-0.39, 0.29) is 22.8 Å². The van der Waals surface area contributed by atoms with Gasteiger partial charge in [0.15, 0.2) is 0 Å². The number of nitrogens with one attached hydrogen (secondary N) is 1. The van der Waals surface area contributed by atoms with Gasteiger partial charge >= 0.3 is 5.97 Å². The van der Waals surface area contributed by atoms with Gasteiger partial charge in [-0.05, 0) is 43.2 Å². The highest BCUT2D eigenvalue weighted by atomic mass is 32.2. The van der Waals surface area contributed by atoms with Crippen LogP contribution in [-0.2, 0) is 27.6 Å². The highest BCUT2D eigenvalue weighted by Crippen LogP contribution is 2.28. The summed E-state index contributed by atoms with van der Waals surface area (Å²) in [4.78, 5) is 17.5. The van der Waals surface area contributed by atoms with Gasteiger partial charge in [0.25, 0.3) is 0 Å². The van der Waals surface area contributed by atoms with Gasteiger partial charge in [-0.2, -0.15) is 0 Å². The lowest BCUT2D eigenvalue weighted by Gasteiger charge is -2.10. The van der Waals surface area contributed by atoms with E-state index in [9.17, 15) is 17.6 Å². The van der Waals surface area contributed by atoms with E-state index in [4.69, 9.17) is 4.74 Å². The second-order valence-corrected chi connectivity index (χ2v) is 9.81. The summed E-state index contributed by atoms with van der Waals surface area (Å²) in [6.07, 6.45) is 0.961. The zero-order chi connectivity index (χ0) is 22.6. The lowest BCUT2D eigenvalue weighted by atomic mass is 10.1. The molecule has 0 saturated heterocycles. The predicted octanol–water partition coefficient (Wildman–Crippen LogP) is 4.13. The normalized spacial score (nSPS) is 11.5. The SMILES string of the molecule is CCc1ccc(S(=O)(=O)NCCc2nc(-c3cccc(F)c3)sc2C)cc1C(=O)OC. The topological polar surface area (TPSA) is 85.4 Å². The maximum atomic E-state index is 13.5. The summed E-state index contributed by atoms with van der Waals surface area (Å²) in [7, 11) is -2.56. The molecule has 0 aliphatic carbocycles. The number of hydrogen-bond donors (Lipinski definition) is 1. The van der Waals surface area contributed by atoms with E-state index in [1.165, 1.54) is 42.7 Å². The van der Waals surface area contributed by atoms with Crippen molar-refractivity contribution in [2.24, 2.45) is 0 Å². The molecular weight excluding hydrogens is 439 g/mol. The van der Waals surface area contributed by atoms with E-state index >= 15 is 0 Å². The second-order valence-electron chi connectivity index (χ2n) is 6.84. The molecule has 3 aromatic rings. The minimum atomic E-state index is -3.82. The van der Waals surface area contributed by atoms with Crippen LogP contribution in [0.1, 0.15) is 33.4 Å². The molecule has 1 heterocycles. The molecule has 0 fully saturated rings. The van der Waals surface area contributed by atoms with Gasteiger partial charge in [0.1, 0.15) is 10.8 Å². The number of aromatic nitrogens is 1. The van der Waals surface area contributed by atoms with Crippen molar-refractivity contribution in [1.82, 2.24) is 9.71 Å². The van der Waals surface area contributed by atoms with Crippen molar-refractivity contribution >= 4 is 27.3 Å². The lowest BCUT2D eigenvalue weighted by molar-refractivity contribution is 0.0599. The molecule has 0 radical (unpaired) electrons. The third kappa shape index (κ3) is 5.36. The fraction of sp³-hybridized carbons (Fsp3) is 0.273. The highest BCUT2D eigenvalue weighted by Gasteiger charge is 2.19. The first-order valence-corrected chi connectivity index (χ1v) is 12.0. The van der Waals surface area contributed by atoms with Crippen LogP contribution in [0.4, 0.5) is 4.39 Å². The van der Waals surface area contributed by atoms with Crippen LogP contribution < -0.4 is 4.72 Å². The zero-order valence-corrected chi connectivity index (χ0v) is 19.1. The van der Waals surface area contributed by atoms with Crippen molar-refractivity contribution in [1.29, 1.82) is 0 Å². The van der Waals surface area contributed by atoms with E-state index in [1.54, 1.807) is 18.2 Å². The van der Waals surface area contributed by atoms with Crippen LogP contribution in [0.15, 0.2) is 47.4 Å². The fourth-order valence-corrected chi connectivity index (χ4v) is 5.14. The van der Waals surface area contributed by atoms with Crippen molar-refractivity contribution in [3.05, 3.63) is 70.0 Å². The third-order valence-electron chi connectivity index (χ3n) is 4.80. The third-order valence-corrected chi connectivity index (χ3v) is 7.32. The molecular formula is C22H23FN2O4S2. The molecule has 0 unspecified atom stereocenters. The van der Waals surface area contributed by atoms with E-state index in [2.05, 4.69) is 9.71 Å². The van der Waals surface area contributed by atoms with Crippen molar-refractivity contribution in [2.75, 3.05) is 13.7 Å². The molecule has 3 rings (SSSR count). The molecule has 0 amide bonds. The lowest BCUT2D eigenvalue weighted by Crippen LogP contribution is -2.26. The summed E-state index contributed by atoms with van der Waals surface area (Å²) in [6.45, 7) is 3.91. The van der Waals surface area contributed by atoms with Gasteiger partial charge in [0, 0.05) is 23.4 Å². The average Bonchev–Trinajstić information content (AvgIpc) is 3.13. The summed E-state index contributed by atoms with van der Waals surface area (Å²) in [6, 6.07) is 10.6. The molecule has 6 nitrogen and oxygen atoms in total. The largest absolute Gasteiger partial charge is 0.465 e. The fourth-order valence-electron chi connectivity index (χ4n) is 3.12. The molecule has 9 heteroatoms. The van der Waals surface area contributed by atoms with Crippen LogP contribution >= 0.6 is 11.3 Å². The van der Waals surface area contributed by atoms with Crippen LogP contribution in [0.3, 0.4) is 0 Å². The number of rotatable bonds is 8. The van der Waals surface area contributed by atoms with Crippen LogP contribution in [0.5, 0.6) is 0 Å². The molecule has 0 aliphatic rings. The Bertz CT molecular complexity index is 1210. The number of carbonyl (C=O) groups excluding carboxylic acids is 1. The Morgan fingerprint density at radius 3 is 2.68 bits per heavy atom. The Kier molecular flexibility index (Phi) is 7.19. The van der Waals surface area contributed by atoms with Gasteiger partial charge < -0.3 is 4.74 Å². The van der Waals surface area contributed by atoms with Crippen LogP contribution in [-0.4, -0.2) is 33.0 Å². The number of hydrogen-bond acceptors (Lipinski definition) is 6. The Hall–Kier alpha value is -2.62. The van der Waals surface area contributed by atoms with Crippen LogP contribution in [0.25, 0.3) is 10.6 Å². The molecule has 2 aromatic carbocycles. The van der Waals surface area contributed by atoms with E-state index in [0.29, 0.717) is 29.0 Å². The Balaban J connectivity index is 1.72. The van der Waals surface area contributed by atoms with Crippen LogP contribution in [0.2, 0.25) is 0 Å². The molecule has 164 valence electrons. The Morgan fingerprint density at radius 1 is 1.23 bits per heavy atom. The van der Waals surface area contributed by atoms with Crippen molar-refractivity contribution in [3.8, 4) is 10.6 Å². The molecule has 0 atom stereocenters. The first-order chi connectivity index (χ1) is 14.7. The van der Waals surface area contributed by atoms with Gasteiger partial charge in [-0.25, -0.2) is 27.3 Å². The quantitative estimate of drug-likeness (QED) is 0.509. The minimum Gasteiger partial charge on any atom is -0.465 e. The van der Waals surface area contributed by atoms with E-state index in [0.717, 1.165) is 10.6 Å². The van der Waals surface area contributed by atoms with Crippen molar-refractivity contribution in [3.63, 3.8) is 0 Å². The predicted molar refractivity (Wildman–Crippen MR) is 118 cm³/mol. The summed E-state index contributed by atoms with van der Waals surface area (Å²) in [5.74, 6) is -0.906. The van der Waals surface area contributed by atoms with Crippen LogP contribution in [0, 0.1) is 12.7 Å². The Labute approximate surface area is 185 Å². The number of esters is 1.